The molecule has 1 aliphatic carbocycles. The first kappa shape index (κ1) is 15.6. The van der Waals surface area contributed by atoms with Gasteiger partial charge in [0.1, 0.15) is 12.2 Å². The third-order valence-electron chi connectivity index (χ3n) is 3.04. The van der Waals surface area contributed by atoms with Crippen LogP contribution in [0.4, 0.5) is 17.6 Å². The van der Waals surface area contributed by atoms with Crippen molar-refractivity contribution >= 4 is 15.9 Å². The van der Waals surface area contributed by atoms with Gasteiger partial charge in [0.2, 0.25) is 11.6 Å². The van der Waals surface area contributed by atoms with E-state index in [2.05, 4.69) is 15.9 Å². The van der Waals surface area contributed by atoms with Crippen LogP contribution in [0.2, 0.25) is 0 Å². The SMILES string of the molecule is CCCOC1C(Br)CC1Oc1c(F)c(F)cc(F)c1F. The summed E-state index contributed by atoms with van der Waals surface area (Å²) in [7, 11) is 0. The molecule has 0 heterocycles. The lowest BCUT2D eigenvalue weighted by Gasteiger charge is -2.40. The summed E-state index contributed by atoms with van der Waals surface area (Å²) in [4.78, 5) is -0.0106. The molecule has 112 valence electrons. The van der Waals surface area contributed by atoms with Gasteiger partial charge >= 0.3 is 0 Å². The van der Waals surface area contributed by atoms with E-state index >= 15 is 0 Å². The van der Waals surface area contributed by atoms with Gasteiger partial charge in [-0.05, 0) is 6.42 Å². The van der Waals surface area contributed by atoms with Crippen LogP contribution in [-0.4, -0.2) is 23.6 Å². The number of benzene rings is 1. The summed E-state index contributed by atoms with van der Waals surface area (Å²) in [5.41, 5.74) is 0. The molecule has 7 heteroatoms. The average molecular weight is 357 g/mol. The molecular weight excluding hydrogens is 344 g/mol. The summed E-state index contributed by atoms with van der Waals surface area (Å²) in [6.07, 6.45) is 0.169. The topological polar surface area (TPSA) is 18.5 Å². The van der Waals surface area contributed by atoms with Crippen molar-refractivity contribution in [3.8, 4) is 5.75 Å². The number of hydrogen-bond acceptors (Lipinski definition) is 2. The Morgan fingerprint density at radius 3 is 2.30 bits per heavy atom. The molecule has 1 aromatic carbocycles. The van der Waals surface area contributed by atoms with Crippen molar-refractivity contribution in [3.63, 3.8) is 0 Å². The third-order valence-corrected chi connectivity index (χ3v) is 3.93. The Balaban J connectivity index is 2.14. The Labute approximate surface area is 122 Å². The lowest BCUT2D eigenvalue weighted by atomic mass is 9.91. The van der Waals surface area contributed by atoms with Gasteiger partial charge in [0.25, 0.3) is 0 Å². The smallest absolute Gasteiger partial charge is 0.203 e. The van der Waals surface area contributed by atoms with Crippen LogP contribution in [0.5, 0.6) is 5.75 Å². The molecule has 1 aromatic rings. The van der Waals surface area contributed by atoms with Crippen molar-refractivity contribution in [1.29, 1.82) is 0 Å². The van der Waals surface area contributed by atoms with Crippen LogP contribution < -0.4 is 4.74 Å². The Morgan fingerprint density at radius 1 is 1.20 bits per heavy atom. The number of rotatable bonds is 5. The molecule has 0 bridgehead atoms. The van der Waals surface area contributed by atoms with Crippen molar-refractivity contribution in [1.82, 2.24) is 0 Å². The maximum Gasteiger partial charge on any atom is 0.203 e. The summed E-state index contributed by atoms with van der Waals surface area (Å²) in [6.45, 7) is 2.38. The molecule has 20 heavy (non-hydrogen) atoms. The molecular formula is C13H13BrF4O2. The summed E-state index contributed by atoms with van der Waals surface area (Å²) in [5.74, 6) is -7.07. The maximum absolute atomic E-state index is 13.5. The molecule has 0 saturated heterocycles. The molecule has 3 atom stereocenters. The zero-order chi connectivity index (χ0) is 14.9. The largest absolute Gasteiger partial charge is 0.481 e. The maximum atomic E-state index is 13.5. The number of halogens is 5. The fraction of sp³-hybridized carbons (Fsp3) is 0.538. The van der Waals surface area contributed by atoms with Crippen LogP contribution in [0.1, 0.15) is 19.8 Å². The highest BCUT2D eigenvalue weighted by Gasteiger charge is 2.43. The van der Waals surface area contributed by atoms with Gasteiger partial charge < -0.3 is 9.47 Å². The normalized spacial score (nSPS) is 25.4. The summed E-state index contributed by atoms with van der Waals surface area (Å²) in [5, 5.41) is 0. The molecule has 0 radical (unpaired) electrons. The number of ether oxygens (including phenoxy) is 2. The predicted octanol–water partition coefficient (Wildman–Crippen LogP) is 3.95. The van der Waals surface area contributed by atoms with E-state index in [-0.39, 0.29) is 10.9 Å². The lowest BCUT2D eigenvalue weighted by molar-refractivity contribution is -0.0787. The summed E-state index contributed by atoms with van der Waals surface area (Å²) >= 11 is 3.34. The lowest BCUT2D eigenvalue weighted by Crippen LogP contribution is -2.52. The van der Waals surface area contributed by atoms with Gasteiger partial charge in [-0.3, -0.25) is 0 Å². The van der Waals surface area contributed by atoms with Gasteiger partial charge in [-0.2, -0.15) is 8.78 Å². The second kappa shape index (κ2) is 6.30. The van der Waals surface area contributed by atoms with E-state index in [4.69, 9.17) is 9.47 Å². The summed E-state index contributed by atoms with van der Waals surface area (Å²) < 4.78 is 63.6. The molecule has 1 aliphatic rings. The van der Waals surface area contributed by atoms with Crippen LogP contribution >= 0.6 is 15.9 Å². The Hall–Kier alpha value is -0.820. The van der Waals surface area contributed by atoms with E-state index in [0.717, 1.165) is 6.42 Å². The Morgan fingerprint density at radius 2 is 1.80 bits per heavy atom. The standard InChI is InChI=1S/C13H13BrF4O2/c1-2-3-19-12-6(14)4-9(12)20-13-10(17)7(15)5-8(16)11(13)18/h5-6,9,12H,2-4H2,1H3. The monoisotopic (exact) mass is 356 g/mol. The highest BCUT2D eigenvalue weighted by Crippen LogP contribution is 2.36. The quantitative estimate of drug-likeness (QED) is 0.451. The number of hydrogen-bond donors (Lipinski definition) is 0. The minimum absolute atomic E-state index is 0.0106. The zero-order valence-electron chi connectivity index (χ0n) is 10.6. The van der Waals surface area contributed by atoms with Crippen LogP contribution in [0.25, 0.3) is 0 Å². The first-order valence-electron chi connectivity index (χ1n) is 6.21. The van der Waals surface area contributed by atoms with Crippen molar-refractivity contribution in [2.75, 3.05) is 6.61 Å². The van der Waals surface area contributed by atoms with Gasteiger partial charge in [-0.1, -0.05) is 22.9 Å². The third kappa shape index (κ3) is 2.93. The molecule has 0 aromatic heterocycles. The first-order valence-corrected chi connectivity index (χ1v) is 7.12. The molecule has 0 spiro atoms. The fourth-order valence-corrected chi connectivity index (χ4v) is 2.78. The number of alkyl halides is 1. The average Bonchev–Trinajstić information content (AvgIpc) is 2.40. The van der Waals surface area contributed by atoms with Crippen molar-refractivity contribution in [2.24, 2.45) is 0 Å². The van der Waals surface area contributed by atoms with E-state index in [9.17, 15) is 17.6 Å². The van der Waals surface area contributed by atoms with Gasteiger partial charge in [-0.25, -0.2) is 8.78 Å². The molecule has 0 N–H and O–H groups in total. The van der Waals surface area contributed by atoms with Crippen molar-refractivity contribution in [3.05, 3.63) is 29.3 Å². The molecule has 2 nitrogen and oxygen atoms in total. The minimum atomic E-state index is -1.53. The van der Waals surface area contributed by atoms with Gasteiger partial charge in [-0.15, -0.1) is 0 Å². The molecule has 2 rings (SSSR count). The van der Waals surface area contributed by atoms with E-state index < -0.39 is 41.2 Å². The fourth-order valence-electron chi connectivity index (χ4n) is 1.91. The molecule has 0 aliphatic heterocycles. The molecule has 3 unspecified atom stereocenters. The highest BCUT2D eigenvalue weighted by molar-refractivity contribution is 9.09. The first-order chi connectivity index (χ1) is 9.45. The predicted molar refractivity (Wildman–Crippen MR) is 68.1 cm³/mol. The highest BCUT2D eigenvalue weighted by atomic mass is 79.9. The van der Waals surface area contributed by atoms with Crippen LogP contribution in [-0.2, 0) is 4.74 Å². The van der Waals surface area contributed by atoms with E-state index in [1.165, 1.54) is 0 Å². The van der Waals surface area contributed by atoms with Crippen LogP contribution in [0.15, 0.2) is 6.07 Å². The van der Waals surface area contributed by atoms with E-state index in [1.807, 2.05) is 6.92 Å². The second-order valence-electron chi connectivity index (χ2n) is 4.54. The summed E-state index contributed by atoms with van der Waals surface area (Å²) in [6, 6.07) is 0.149. The van der Waals surface area contributed by atoms with E-state index in [0.29, 0.717) is 13.0 Å². The second-order valence-corrected chi connectivity index (χ2v) is 5.72. The van der Waals surface area contributed by atoms with Crippen LogP contribution in [0.3, 0.4) is 0 Å². The van der Waals surface area contributed by atoms with Gasteiger partial charge in [0.15, 0.2) is 17.4 Å². The Kier molecular flexibility index (Phi) is 4.90. The van der Waals surface area contributed by atoms with E-state index in [1.54, 1.807) is 0 Å². The zero-order valence-corrected chi connectivity index (χ0v) is 12.2. The molecule has 0 amide bonds. The van der Waals surface area contributed by atoms with Gasteiger partial charge in [0, 0.05) is 23.9 Å². The molecule has 1 fully saturated rings. The molecule has 1 saturated carbocycles. The van der Waals surface area contributed by atoms with Crippen molar-refractivity contribution < 1.29 is 27.0 Å². The Bertz CT molecular complexity index is 471. The minimum Gasteiger partial charge on any atom is -0.481 e. The van der Waals surface area contributed by atoms with Crippen molar-refractivity contribution in [2.45, 2.75) is 36.8 Å². The van der Waals surface area contributed by atoms with Crippen LogP contribution in [0, 0.1) is 23.3 Å². The van der Waals surface area contributed by atoms with Gasteiger partial charge in [0.05, 0.1) is 0 Å².